The highest BCUT2D eigenvalue weighted by atomic mass is 15.1. The first-order valence-electron chi connectivity index (χ1n) is 16.4. The molecule has 0 heterocycles. The zero-order valence-electron chi connectivity index (χ0n) is 26.5. The fraction of sp³-hybridized carbons (Fsp3) is 0. The molecule has 0 atom stereocenters. The Morgan fingerprint density at radius 1 is 0.333 bits per heavy atom. The Bertz CT molecular complexity index is 2190. The van der Waals surface area contributed by atoms with Crippen molar-refractivity contribution in [3.63, 3.8) is 0 Å². The summed E-state index contributed by atoms with van der Waals surface area (Å²) in [7, 11) is 0. The Hall–Kier alpha value is -6.38. The lowest BCUT2D eigenvalue weighted by Gasteiger charge is -2.27. The molecule has 0 fully saturated rings. The van der Waals surface area contributed by atoms with Crippen LogP contribution in [0, 0.1) is 0 Å². The smallest absolute Gasteiger partial charge is 0.0474 e. The van der Waals surface area contributed by atoms with Gasteiger partial charge in [0.25, 0.3) is 0 Å². The fourth-order valence-corrected chi connectivity index (χ4v) is 6.47. The summed E-state index contributed by atoms with van der Waals surface area (Å²) in [4.78, 5) is 2.37. The van der Waals surface area contributed by atoms with Crippen molar-refractivity contribution in [1.82, 2.24) is 0 Å². The van der Waals surface area contributed by atoms with Crippen LogP contribution in [-0.4, -0.2) is 0 Å². The van der Waals surface area contributed by atoms with E-state index in [-0.39, 0.29) is 0 Å². The average molecular weight is 615 g/mol. The standard InChI is InChI=1S/C46H34N2/c1-4-14-34(15-5-1)36-24-28-40(29-25-36)48(41-30-26-37(27-31-41)35-16-6-2-7-17-35)42-32-38-18-10-11-21-43(38)45(33-42)44-22-12-13-23-46(44)47-39-19-8-3-9-20-39/h1-33,47H. The summed E-state index contributed by atoms with van der Waals surface area (Å²) in [6, 6.07) is 71.2. The largest absolute Gasteiger partial charge is 0.355 e. The van der Waals surface area contributed by atoms with Crippen molar-refractivity contribution in [3.05, 3.63) is 200 Å². The third-order valence-corrected chi connectivity index (χ3v) is 8.84. The van der Waals surface area contributed by atoms with Gasteiger partial charge in [-0.3, -0.25) is 0 Å². The molecule has 0 radical (unpaired) electrons. The minimum absolute atomic E-state index is 1.06. The summed E-state index contributed by atoms with van der Waals surface area (Å²) in [5.74, 6) is 0. The van der Waals surface area contributed by atoms with Crippen LogP contribution in [0.2, 0.25) is 0 Å². The normalized spacial score (nSPS) is 10.9. The molecule has 0 bridgehead atoms. The maximum absolute atomic E-state index is 3.68. The first-order chi connectivity index (χ1) is 23.8. The third kappa shape index (κ3) is 5.95. The van der Waals surface area contributed by atoms with Crippen LogP contribution in [-0.2, 0) is 0 Å². The number of hydrogen-bond acceptors (Lipinski definition) is 2. The summed E-state index contributed by atoms with van der Waals surface area (Å²) in [5, 5.41) is 6.07. The Balaban J connectivity index is 1.29. The fourth-order valence-electron chi connectivity index (χ4n) is 6.47. The molecule has 0 spiro atoms. The second-order valence-corrected chi connectivity index (χ2v) is 11.9. The number of fused-ring (bicyclic) bond motifs is 1. The van der Waals surface area contributed by atoms with Gasteiger partial charge in [-0.15, -0.1) is 0 Å². The molecule has 2 heteroatoms. The predicted octanol–water partition coefficient (Wildman–Crippen LogP) is 13.1. The lowest BCUT2D eigenvalue weighted by Crippen LogP contribution is -2.10. The molecule has 0 saturated heterocycles. The minimum atomic E-state index is 1.06. The second kappa shape index (κ2) is 13.2. The number of nitrogens with one attached hydrogen (secondary N) is 1. The second-order valence-electron chi connectivity index (χ2n) is 11.9. The van der Waals surface area contributed by atoms with Crippen LogP contribution in [0.1, 0.15) is 0 Å². The Labute approximate surface area is 282 Å². The average Bonchev–Trinajstić information content (AvgIpc) is 3.17. The van der Waals surface area contributed by atoms with E-state index < -0.39 is 0 Å². The summed E-state index contributed by atoms with van der Waals surface area (Å²) in [5.41, 5.74) is 12.5. The van der Waals surface area contributed by atoms with E-state index >= 15 is 0 Å². The van der Waals surface area contributed by atoms with Crippen LogP contribution >= 0.6 is 0 Å². The van der Waals surface area contributed by atoms with Gasteiger partial charge in [-0.05, 0) is 93.2 Å². The number of benzene rings is 8. The molecular formula is C46H34N2. The highest BCUT2D eigenvalue weighted by Gasteiger charge is 2.18. The van der Waals surface area contributed by atoms with Gasteiger partial charge in [-0.2, -0.15) is 0 Å². The lowest BCUT2D eigenvalue weighted by atomic mass is 9.95. The van der Waals surface area contributed by atoms with Gasteiger partial charge < -0.3 is 10.2 Å². The Morgan fingerprint density at radius 2 is 0.812 bits per heavy atom. The van der Waals surface area contributed by atoms with Gasteiger partial charge in [0, 0.05) is 34.0 Å². The SMILES string of the molecule is c1ccc(Nc2ccccc2-c2cc(N(c3ccc(-c4ccccc4)cc3)c3ccc(-c4ccccc4)cc3)cc3ccccc23)cc1. The zero-order valence-corrected chi connectivity index (χ0v) is 26.5. The summed E-state index contributed by atoms with van der Waals surface area (Å²) < 4.78 is 0. The first kappa shape index (κ1) is 29.1. The van der Waals surface area contributed by atoms with Crippen LogP contribution in [0.4, 0.5) is 28.4 Å². The highest BCUT2D eigenvalue weighted by molar-refractivity contribution is 6.03. The van der Waals surface area contributed by atoms with Crippen molar-refractivity contribution in [1.29, 1.82) is 0 Å². The highest BCUT2D eigenvalue weighted by Crippen LogP contribution is 2.43. The quantitative estimate of drug-likeness (QED) is 0.183. The molecule has 228 valence electrons. The van der Waals surface area contributed by atoms with Crippen LogP contribution in [0.15, 0.2) is 200 Å². The molecule has 48 heavy (non-hydrogen) atoms. The zero-order chi connectivity index (χ0) is 32.1. The molecular weight excluding hydrogens is 581 g/mol. The van der Waals surface area contributed by atoms with Gasteiger partial charge in [-0.1, -0.05) is 146 Å². The Kier molecular flexibility index (Phi) is 7.96. The van der Waals surface area contributed by atoms with Gasteiger partial charge in [0.15, 0.2) is 0 Å². The number of anilines is 5. The molecule has 8 aromatic carbocycles. The molecule has 0 aliphatic carbocycles. The molecule has 0 aromatic heterocycles. The molecule has 1 N–H and O–H groups in total. The minimum Gasteiger partial charge on any atom is -0.355 e. The van der Waals surface area contributed by atoms with Gasteiger partial charge >= 0.3 is 0 Å². The topological polar surface area (TPSA) is 15.3 Å². The van der Waals surface area contributed by atoms with Crippen LogP contribution in [0.3, 0.4) is 0 Å². The van der Waals surface area contributed by atoms with Crippen molar-refractivity contribution in [2.45, 2.75) is 0 Å². The summed E-state index contributed by atoms with van der Waals surface area (Å²) in [6.45, 7) is 0. The van der Waals surface area contributed by atoms with E-state index in [4.69, 9.17) is 0 Å². The number of rotatable bonds is 8. The van der Waals surface area contributed by atoms with E-state index in [0.29, 0.717) is 0 Å². The van der Waals surface area contributed by atoms with Crippen LogP contribution < -0.4 is 10.2 Å². The third-order valence-electron chi connectivity index (χ3n) is 8.84. The number of para-hydroxylation sites is 2. The molecule has 0 unspecified atom stereocenters. The van der Waals surface area contributed by atoms with Crippen molar-refractivity contribution in [2.75, 3.05) is 10.2 Å². The number of hydrogen-bond donors (Lipinski definition) is 1. The van der Waals surface area contributed by atoms with E-state index in [2.05, 4.69) is 204 Å². The summed E-state index contributed by atoms with van der Waals surface area (Å²) >= 11 is 0. The van der Waals surface area contributed by atoms with Crippen molar-refractivity contribution >= 4 is 39.2 Å². The van der Waals surface area contributed by atoms with Gasteiger partial charge in [0.05, 0.1) is 0 Å². The van der Waals surface area contributed by atoms with Crippen molar-refractivity contribution in [3.8, 4) is 33.4 Å². The molecule has 0 saturated carbocycles. The van der Waals surface area contributed by atoms with E-state index in [1.54, 1.807) is 0 Å². The van der Waals surface area contributed by atoms with Crippen molar-refractivity contribution < 1.29 is 0 Å². The maximum atomic E-state index is 3.68. The molecule has 0 amide bonds. The lowest BCUT2D eigenvalue weighted by molar-refractivity contribution is 1.29. The van der Waals surface area contributed by atoms with Gasteiger partial charge in [0.2, 0.25) is 0 Å². The van der Waals surface area contributed by atoms with Crippen LogP contribution in [0.25, 0.3) is 44.2 Å². The molecule has 8 rings (SSSR count). The van der Waals surface area contributed by atoms with E-state index in [9.17, 15) is 0 Å². The predicted molar refractivity (Wildman–Crippen MR) is 205 cm³/mol. The number of nitrogens with zero attached hydrogens (tertiary/aromatic N) is 1. The van der Waals surface area contributed by atoms with E-state index in [0.717, 1.165) is 34.0 Å². The molecule has 2 nitrogen and oxygen atoms in total. The van der Waals surface area contributed by atoms with Crippen molar-refractivity contribution in [2.24, 2.45) is 0 Å². The molecule has 8 aromatic rings. The van der Waals surface area contributed by atoms with Crippen LogP contribution in [0.5, 0.6) is 0 Å². The molecule has 0 aliphatic rings. The summed E-state index contributed by atoms with van der Waals surface area (Å²) in [6.07, 6.45) is 0. The van der Waals surface area contributed by atoms with Gasteiger partial charge in [0.1, 0.15) is 0 Å². The first-order valence-corrected chi connectivity index (χ1v) is 16.4. The Morgan fingerprint density at radius 3 is 1.42 bits per heavy atom. The molecule has 0 aliphatic heterocycles. The maximum Gasteiger partial charge on any atom is 0.0474 e. The van der Waals surface area contributed by atoms with E-state index in [1.807, 2.05) is 6.07 Å². The van der Waals surface area contributed by atoms with Gasteiger partial charge in [-0.25, -0.2) is 0 Å². The monoisotopic (exact) mass is 614 g/mol. The van der Waals surface area contributed by atoms with E-state index in [1.165, 1.54) is 38.6 Å².